The van der Waals surface area contributed by atoms with Gasteiger partial charge in [0, 0.05) is 11.6 Å². The lowest BCUT2D eigenvalue weighted by atomic mass is 10.4. The van der Waals surface area contributed by atoms with E-state index < -0.39 is 0 Å². The zero-order valence-corrected chi connectivity index (χ0v) is 9.06. The van der Waals surface area contributed by atoms with Crippen molar-refractivity contribution in [2.75, 3.05) is 5.32 Å². The number of furan rings is 1. The molecule has 0 atom stereocenters. The Balaban J connectivity index is 1.93. The Hall–Kier alpha value is -0.810. The number of thiazole rings is 1. The molecule has 2 heterocycles. The molecule has 0 saturated carbocycles. The lowest BCUT2D eigenvalue weighted by Crippen LogP contribution is -1.96. The summed E-state index contributed by atoms with van der Waals surface area (Å²) in [6.45, 7) is 0.666. The second kappa shape index (κ2) is 3.93. The summed E-state index contributed by atoms with van der Waals surface area (Å²) in [5, 5.41) is 5.99. The zero-order valence-electron chi connectivity index (χ0n) is 6.66. The van der Waals surface area contributed by atoms with Crippen LogP contribution in [-0.4, -0.2) is 4.98 Å². The maximum atomic E-state index is 5.23. The molecule has 13 heavy (non-hydrogen) atoms. The summed E-state index contributed by atoms with van der Waals surface area (Å²) in [5.74, 6) is 0.891. The SMILES string of the molecule is Brc1coc(CNc2nccs2)c1. The van der Waals surface area contributed by atoms with Gasteiger partial charge in [0.1, 0.15) is 12.0 Å². The van der Waals surface area contributed by atoms with Crippen LogP contribution >= 0.6 is 27.3 Å². The predicted molar refractivity (Wildman–Crippen MR) is 55.8 cm³/mol. The number of nitrogens with one attached hydrogen (secondary N) is 1. The molecular formula is C8H7BrN2OS. The van der Waals surface area contributed by atoms with Gasteiger partial charge in [-0.3, -0.25) is 0 Å². The van der Waals surface area contributed by atoms with Crippen LogP contribution in [0.5, 0.6) is 0 Å². The van der Waals surface area contributed by atoms with Crippen molar-refractivity contribution in [3.63, 3.8) is 0 Å². The van der Waals surface area contributed by atoms with Crippen molar-refractivity contribution in [2.45, 2.75) is 6.54 Å². The smallest absolute Gasteiger partial charge is 0.182 e. The van der Waals surface area contributed by atoms with Gasteiger partial charge in [0.05, 0.1) is 11.0 Å². The lowest BCUT2D eigenvalue weighted by molar-refractivity contribution is 0.517. The molecule has 0 saturated heterocycles. The monoisotopic (exact) mass is 258 g/mol. The van der Waals surface area contributed by atoms with E-state index in [1.54, 1.807) is 23.8 Å². The van der Waals surface area contributed by atoms with Crippen LogP contribution in [0.4, 0.5) is 5.13 Å². The molecule has 2 aromatic rings. The van der Waals surface area contributed by atoms with Crippen LogP contribution in [0.15, 0.2) is 32.8 Å². The van der Waals surface area contributed by atoms with Crippen LogP contribution < -0.4 is 5.32 Å². The van der Waals surface area contributed by atoms with Crippen LogP contribution in [0.1, 0.15) is 5.76 Å². The highest BCUT2D eigenvalue weighted by molar-refractivity contribution is 9.10. The Bertz CT molecular complexity index is 371. The molecule has 2 aromatic heterocycles. The zero-order chi connectivity index (χ0) is 9.10. The van der Waals surface area contributed by atoms with Crippen molar-refractivity contribution in [3.05, 3.63) is 34.1 Å². The van der Waals surface area contributed by atoms with Gasteiger partial charge in [-0.25, -0.2) is 4.98 Å². The Morgan fingerprint density at radius 3 is 3.15 bits per heavy atom. The van der Waals surface area contributed by atoms with Gasteiger partial charge in [-0.2, -0.15) is 0 Å². The van der Waals surface area contributed by atoms with Gasteiger partial charge in [-0.1, -0.05) is 0 Å². The van der Waals surface area contributed by atoms with Gasteiger partial charge in [-0.15, -0.1) is 11.3 Å². The average Bonchev–Trinajstić information content (AvgIpc) is 2.71. The van der Waals surface area contributed by atoms with Crippen LogP contribution in [-0.2, 0) is 6.54 Å². The summed E-state index contributed by atoms with van der Waals surface area (Å²) < 4.78 is 6.19. The molecular weight excluding hydrogens is 252 g/mol. The second-order valence-electron chi connectivity index (χ2n) is 2.42. The van der Waals surface area contributed by atoms with E-state index in [2.05, 4.69) is 26.2 Å². The van der Waals surface area contributed by atoms with Crippen molar-refractivity contribution in [1.29, 1.82) is 0 Å². The summed E-state index contributed by atoms with van der Waals surface area (Å²) in [6.07, 6.45) is 3.43. The van der Waals surface area contributed by atoms with Crippen molar-refractivity contribution < 1.29 is 4.42 Å². The van der Waals surface area contributed by atoms with E-state index in [0.717, 1.165) is 15.4 Å². The molecule has 68 valence electrons. The molecule has 0 aliphatic carbocycles. The Morgan fingerprint density at radius 2 is 2.54 bits per heavy atom. The molecule has 1 N–H and O–H groups in total. The quantitative estimate of drug-likeness (QED) is 0.920. The van der Waals surface area contributed by atoms with Gasteiger partial charge < -0.3 is 9.73 Å². The minimum absolute atomic E-state index is 0.666. The second-order valence-corrected chi connectivity index (χ2v) is 4.23. The van der Waals surface area contributed by atoms with Gasteiger partial charge >= 0.3 is 0 Å². The first-order valence-electron chi connectivity index (χ1n) is 3.71. The maximum absolute atomic E-state index is 5.23. The normalized spacial score (nSPS) is 10.2. The summed E-state index contributed by atoms with van der Waals surface area (Å²) >= 11 is 4.89. The summed E-state index contributed by atoms with van der Waals surface area (Å²) in [5.41, 5.74) is 0. The molecule has 0 aliphatic rings. The van der Waals surface area contributed by atoms with Crippen LogP contribution in [0, 0.1) is 0 Å². The van der Waals surface area contributed by atoms with Crippen molar-refractivity contribution in [3.8, 4) is 0 Å². The molecule has 3 nitrogen and oxygen atoms in total. The van der Waals surface area contributed by atoms with E-state index in [1.807, 2.05) is 11.4 Å². The van der Waals surface area contributed by atoms with E-state index >= 15 is 0 Å². The first-order valence-corrected chi connectivity index (χ1v) is 5.38. The fraction of sp³-hybridized carbons (Fsp3) is 0.125. The summed E-state index contributed by atoms with van der Waals surface area (Å²) in [4.78, 5) is 4.09. The number of hydrogen-bond donors (Lipinski definition) is 1. The summed E-state index contributed by atoms with van der Waals surface area (Å²) in [7, 11) is 0. The Morgan fingerprint density at radius 1 is 1.62 bits per heavy atom. The van der Waals surface area contributed by atoms with Crippen LogP contribution in [0.25, 0.3) is 0 Å². The standard InChI is InChI=1S/C8H7BrN2OS/c9-6-3-7(12-5-6)4-11-8-10-1-2-13-8/h1-3,5H,4H2,(H,10,11). The van der Waals surface area contributed by atoms with Gasteiger partial charge in [0.15, 0.2) is 5.13 Å². The van der Waals surface area contributed by atoms with Crippen molar-refractivity contribution in [1.82, 2.24) is 4.98 Å². The first-order chi connectivity index (χ1) is 6.34. The average molecular weight is 259 g/mol. The molecule has 0 unspecified atom stereocenters. The largest absolute Gasteiger partial charge is 0.466 e. The van der Waals surface area contributed by atoms with E-state index in [0.29, 0.717) is 6.54 Å². The lowest BCUT2D eigenvalue weighted by Gasteiger charge is -1.97. The third-order valence-corrected chi connectivity index (χ3v) is 2.61. The highest BCUT2D eigenvalue weighted by Gasteiger charge is 1.99. The number of hydrogen-bond acceptors (Lipinski definition) is 4. The van der Waals surface area contributed by atoms with Crippen LogP contribution in [0.2, 0.25) is 0 Å². The summed E-state index contributed by atoms with van der Waals surface area (Å²) in [6, 6.07) is 1.93. The van der Waals surface area contributed by atoms with Gasteiger partial charge in [0.25, 0.3) is 0 Å². The fourth-order valence-electron chi connectivity index (χ4n) is 0.920. The molecule has 0 fully saturated rings. The molecule has 0 aliphatic heterocycles. The molecule has 5 heteroatoms. The predicted octanol–water partition coefficient (Wildman–Crippen LogP) is 3.11. The van der Waals surface area contributed by atoms with E-state index in [1.165, 1.54) is 0 Å². The van der Waals surface area contributed by atoms with Crippen LogP contribution in [0.3, 0.4) is 0 Å². The molecule has 0 aromatic carbocycles. The number of anilines is 1. The van der Waals surface area contributed by atoms with Crippen molar-refractivity contribution in [2.24, 2.45) is 0 Å². The molecule has 0 spiro atoms. The number of nitrogens with zero attached hydrogens (tertiary/aromatic N) is 1. The third-order valence-electron chi connectivity index (χ3n) is 1.47. The Labute approximate surface area is 87.9 Å². The fourth-order valence-corrected chi connectivity index (χ4v) is 1.80. The molecule has 2 rings (SSSR count). The van der Waals surface area contributed by atoms with Crippen molar-refractivity contribution >= 4 is 32.4 Å². The highest BCUT2D eigenvalue weighted by atomic mass is 79.9. The third kappa shape index (κ3) is 2.32. The van der Waals surface area contributed by atoms with E-state index in [-0.39, 0.29) is 0 Å². The minimum atomic E-state index is 0.666. The molecule has 0 amide bonds. The molecule has 0 bridgehead atoms. The first kappa shape index (κ1) is 8.77. The van der Waals surface area contributed by atoms with Gasteiger partial charge in [-0.05, 0) is 22.0 Å². The van der Waals surface area contributed by atoms with Gasteiger partial charge in [0.2, 0.25) is 0 Å². The minimum Gasteiger partial charge on any atom is -0.466 e. The highest BCUT2D eigenvalue weighted by Crippen LogP contribution is 2.16. The van der Waals surface area contributed by atoms with E-state index in [4.69, 9.17) is 4.42 Å². The number of aromatic nitrogens is 1. The molecule has 0 radical (unpaired) electrons. The number of rotatable bonds is 3. The number of halogens is 1. The Kier molecular flexibility index (Phi) is 2.65. The topological polar surface area (TPSA) is 38.1 Å². The van der Waals surface area contributed by atoms with E-state index in [9.17, 15) is 0 Å². The maximum Gasteiger partial charge on any atom is 0.182 e.